The molecule has 0 saturated carbocycles. The van der Waals surface area contributed by atoms with Gasteiger partial charge in [-0.05, 0) is 49.4 Å². The van der Waals surface area contributed by atoms with Crippen LogP contribution >= 0.6 is 11.8 Å². The number of carbonyl (C=O) groups is 1. The lowest BCUT2D eigenvalue weighted by Crippen LogP contribution is -2.46. The number of unbranched alkanes of at least 4 members (excludes halogenated alkanes) is 1. The standard InChI is InChI=1S/C25H28N4O3S/c1-5-6-14-29-16(2)21(22(26-25(29)30)17-10-12-20(33-4)13-11-17)24-27-23(28-32-24)18-8-7-9-19(15-18)31-3/h7-13,15,22H,5-6,14H2,1-4H3,(H,26,30). The van der Waals surface area contributed by atoms with E-state index in [2.05, 4.69) is 29.5 Å². The quantitative estimate of drug-likeness (QED) is 0.427. The summed E-state index contributed by atoms with van der Waals surface area (Å²) in [6.07, 6.45) is 3.94. The number of aromatic nitrogens is 2. The molecule has 0 spiro atoms. The number of methoxy groups -OCH3 is 1. The fourth-order valence-electron chi connectivity index (χ4n) is 3.90. The topological polar surface area (TPSA) is 80.5 Å². The van der Waals surface area contributed by atoms with E-state index in [9.17, 15) is 4.79 Å². The third kappa shape index (κ3) is 4.75. The van der Waals surface area contributed by atoms with Gasteiger partial charge in [0.15, 0.2) is 0 Å². The first-order valence-corrected chi connectivity index (χ1v) is 12.2. The van der Waals surface area contributed by atoms with Crippen molar-refractivity contribution in [3.05, 3.63) is 65.7 Å². The second-order valence-electron chi connectivity index (χ2n) is 7.82. The van der Waals surface area contributed by atoms with Gasteiger partial charge in [-0.25, -0.2) is 4.79 Å². The van der Waals surface area contributed by atoms with Crippen LogP contribution in [0.3, 0.4) is 0 Å². The maximum absolute atomic E-state index is 13.0. The summed E-state index contributed by atoms with van der Waals surface area (Å²) in [7, 11) is 1.62. The van der Waals surface area contributed by atoms with Gasteiger partial charge in [0.1, 0.15) is 5.75 Å². The molecule has 1 aliphatic rings. The van der Waals surface area contributed by atoms with Crippen molar-refractivity contribution in [1.82, 2.24) is 20.4 Å². The molecule has 172 valence electrons. The number of hydrogen-bond donors (Lipinski definition) is 1. The van der Waals surface area contributed by atoms with E-state index in [1.165, 1.54) is 0 Å². The lowest BCUT2D eigenvalue weighted by atomic mass is 9.94. The van der Waals surface area contributed by atoms with Crippen LogP contribution in [0.15, 0.2) is 63.6 Å². The van der Waals surface area contributed by atoms with Crippen molar-refractivity contribution in [2.75, 3.05) is 19.9 Å². The molecule has 1 aliphatic heterocycles. The Balaban J connectivity index is 1.78. The molecule has 0 radical (unpaired) electrons. The summed E-state index contributed by atoms with van der Waals surface area (Å²) in [6, 6.07) is 15.2. The fraction of sp³-hybridized carbons (Fsp3) is 0.320. The van der Waals surface area contributed by atoms with Gasteiger partial charge < -0.3 is 14.6 Å². The monoisotopic (exact) mass is 464 g/mol. The van der Waals surface area contributed by atoms with Crippen molar-refractivity contribution in [3.8, 4) is 17.1 Å². The van der Waals surface area contributed by atoms with Crippen LogP contribution in [0, 0.1) is 0 Å². The first-order chi connectivity index (χ1) is 16.0. The average Bonchev–Trinajstić information content (AvgIpc) is 3.33. The van der Waals surface area contributed by atoms with Gasteiger partial charge in [-0.3, -0.25) is 4.90 Å². The normalized spacial score (nSPS) is 16.2. The lowest BCUT2D eigenvalue weighted by Gasteiger charge is -2.35. The molecular formula is C25H28N4O3S. The minimum atomic E-state index is -0.384. The first-order valence-electron chi connectivity index (χ1n) is 11.0. The molecule has 3 aromatic rings. The Morgan fingerprint density at radius 1 is 1.21 bits per heavy atom. The molecule has 1 N–H and O–H groups in total. The SMILES string of the molecule is CCCCN1C(=O)NC(c2ccc(SC)cc2)C(c2nc(-c3cccc(OC)c3)no2)=C1C. The van der Waals surface area contributed by atoms with Gasteiger partial charge >= 0.3 is 6.03 Å². The molecule has 1 unspecified atom stereocenters. The minimum absolute atomic E-state index is 0.115. The van der Waals surface area contributed by atoms with Crippen LogP contribution in [0.4, 0.5) is 4.79 Å². The zero-order valence-electron chi connectivity index (χ0n) is 19.3. The number of thioether (sulfide) groups is 1. The van der Waals surface area contributed by atoms with Crippen LogP contribution in [-0.2, 0) is 0 Å². The van der Waals surface area contributed by atoms with E-state index >= 15 is 0 Å². The van der Waals surface area contributed by atoms with Crippen LogP contribution in [-0.4, -0.2) is 41.0 Å². The molecule has 4 rings (SSSR count). The summed E-state index contributed by atoms with van der Waals surface area (Å²) in [5, 5.41) is 7.37. The Bertz CT molecular complexity index is 1160. The highest BCUT2D eigenvalue weighted by Crippen LogP contribution is 2.38. The highest BCUT2D eigenvalue weighted by molar-refractivity contribution is 7.98. The number of rotatable bonds is 8. The number of urea groups is 1. The Morgan fingerprint density at radius 3 is 2.70 bits per heavy atom. The summed E-state index contributed by atoms with van der Waals surface area (Å²) in [5.41, 5.74) is 3.40. The molecule has 1 atom stereocenters. The Labute approximate surface area is 198 Å². The Morgan fingerprint density at radius 2 is 2.00 bits per heavy atom. The van der Waals surface area contributed by atoms with Crippen molar-refractivity contribution < 1.29 is 14.1 Å². The van der Waals surface area contributed by atoms with Gasteiger partial charge in [-0.2, -0.15) is 4.98 Å². The predicted octanol–water partition coefficient (Wildman–Crippen LogP) is 5.76. The Hall–Kier alpha value is -3.26. The van der Waals surface area contributed by atoms with E-state index in [-0.39, 0.29) is 12.1 Å². The summed E-state index contributed by atoms with van der Waals surface area (Å²) >= 11 is 1.68. The number of hydrogen-bond acceptors (Lipinski definition) is 6. The first kappa shape index (κ1) is 22.9. The molecule has 2 amide bonds. The molecule has 8 heteroatoms. The molecule has 0 bridgehead atoms. The molecule has 33 heavy (non-hydrogen) atoms. The van der Waals surface area contributed by atoms with Crippen LogP contribution in [0.5, 0.6) is 5.75 Å². The highest BCUT2D eigenvalue weighted by atomic mass is 32.2. The molecular weight excluding hydrogens is 436 g/mol. The maximum atomic E-state index is 13.0. The van der Waals surface area contributed by atoms with E-state index in [4.69, 9.17) is 14.2 Å². The molecule has 0 fully saturated rings. The zero-order chi connectivity index (χ0) is 23.4. The molecule has 7 nitrogen and oxygen atoms in total. The summed E-state index contributed by atoms with van der Waals surface area (Å²) in [6.45, 7) is 4.69. The van der Waals surface area contributed by atoms with Crippen LogP contribution in [0.1, 0.15) is 44.2 Å². The summed E-state index contributed by atoms with van der Waals surface area (Å²) < 4.78 is 11.1. The lowest BCUT2D eigenvalue weighted by molar-refractivity contribution is 0.204. The fourth-order valence-corrected chi connectivity index (χ4v) is 4.31. The van der Waals surface area contributed by atoms with Gasteiger partial charge in [0, 0.05) is 22.7 Å². The number of amides is 2. The van der Waals surface area contributed by atoms with Crippen molar-refractivity contribution in [2.45, 2.75) is 37.6 Å². The minimum Gasteiger partial charge on any atom is -0.497 e. The van der Waals surface area contributed by atoms with Crippen LogP contribution < -0.4 is 10.1 Å². The number of benzene rings is 2. The van der Waals surface area contributed by atoms with Gasteiger partial charge in [0.2, 0.25) is 5.82 Å². The Kier molecular flexibility index (Phi) is 7.03. The summed E-state index contributed by atoms with van der Waals surface area (Å²) in [5.74, 6) is 1.58. The van der Waals surface area contributed by atoms with E-state index < -0.39 is 0 Å². The van der Waals surface area contributed by atoms with Gasteiger partial charge in [-0.15, -0.1) is 11.8 Å². The van der Waals surface area contributed by atoms with Crippen LogP contribution in [0.2, 0.25) is 0 Å². The van der Waals surface area contributed by atoms with Crippen LogP contribution in [0.25, 0.3) is 17.0 Å². The van der Waals surface area contributed by atoms with Gasteiger partial charge in [0.25, 0.3) is 5.89 Å². The van der Waals surface area contributed by atoms with Crippen molar-refractivity contribution in [3.63, 3.8) is 0 Å². The predicted molar refractivity (Wildman–Crippen MR) is 130 cm³/mol. The van der Waals surface area contributed by atoms with Crippen molar-refractivity contribution >= 4 is 23.4 Å². The molecule has 2 heterocycles. The second kappa shape index (κ2) is 10.1. The molecule has 0 aliphatic carbocycles. The van der Waals surface area contributed by atoms with Gasteiger partial charge in [-0.1, -0.05) is 42.8 Å². The van der Waals surface area contributed by atoms with E-state index in [0.29, 0.717) is 18.3 Å². The third-order valence-corrected chi connectivity index (χ3v) is 6.51. The second-order valence-corrected chi connectivity index (χ2v) is 8.69. The third-order valence-electron chi connectivity index (χ3n) is 5.77. The molecule has 0 saturated heterocycles. The molecule has 2 aromatic carbocycles. The van der Waals surface area contributed by atoms with Crippen molar-refractivity contribution in [1.29, 1.82) is 0 Å². The van der Waals surface area contributed by atoms with E-state index in [1.807, 2.05) is 49.6 Å². The number of carbonyl (C=O) groups excluding carboxylic acids is 1. The average molecular weight is 465 g/mol. The van der Waals surface area contributed by atoms with E-state index in [1.54, 1.807) is 23.8 Å². The van der Waals surface area contributed by atoms with Crippen molar-refractivity contribution in [2.24, 2.45) is 0 Å². The number of allylic oxidation sites excluding steroid dienone is 1. The highest BCUT2D eigenvalue weighted by Gasteiger charge is 2.35. The largest absolute Gasteiger partial charge is 0.497 e. The van der Waals surface area contributed by atoms with Gasteiger partial charge in [0.05, 0.1) is 18.7 Å². The summed E-state index contributed by atoms with van der Waals surface area (Å²) in [4.78, 5) is 20.6. The number of nitrogens with zero attached hydrogens (tertiary/aromatic N) is 3. The maximum Gasteiger partial charge on any atom is 0.322 e. The molecule has 1 aromatic heterocycles. The number of nitrogens with one attached hydrogen (secondary N) is 1. The smallest absolute Gasteiger partial charge is 0.322 e. The van der Waals surface area contributed by atoms with E-state index in [0.717, 1.165) is 45.9 Å². The zero-order valence-corrected chi connectivity index (χ0v) is 20.1. The number of ether oxygens (including phenoxy) is 1.